The molecule has 0 radical (unpaired) electrons. The van der Waals surface area contributed by atoms with Gasteiger partial charge in [-0.05, 0) is 25.3 Å². The molecule has 102 valence electrons. The summed E-state index contributed by atoms with van der Waals surface area (Å²) in [6.45, 7) is 4.44. The smallest absolute Gasteiger partial charge is 0.215 e. The molecule has 18 heavy (non-hydrogen) atoms. The molecule has 0 saturated heterocycles. The molecule has 1 rings (SSSR count). The zero-order chi connectivity index (χ0) is 13.6. The lowest BCUT2D eigenvalue weighted by Crippen LogP contribution is -2.39. The van der Waals surface area contributed by atoms with E-state index in [1.165, 1.54) is 5.56 Å². The van der Waals surface area contributed by atoms with E-state index in [2.05, 4.69) is 10.8 Å². The molecule has 0 amide bonds. The van der Waals surface area contributed by atoms with Crippen LogP contribution >= 0.6 is 0 Å². The molecule has 5 heteroatoms. The molecule has 0 aromatic heterocycles. The third-order valence-corrected chi connectivity index (χ3v) is 4.97. The minimum absolute atomic E-state index is 0.163. The first kappa shape index (κ1) is 15.1. The normalized spacial score (nSPS) is 13.5. The van der Waals surface area contributed by atoms with Gasteiger partial charge in [-0.3, -0.25) is 0 Å². The number of aryl methyl sites for hydroxylation is 1. The summed E-state index contributed by atoms with van der Waals surface area (Å²) in [5.41, 5.74) is 7.77. The molecule has 0 aliphatic rings. The molecule has 0 fully saturated rings. The zero-order valence-corrected chi connectivity index (χ0v) is 11.8. The van der Waals surface area contributed by atoms with Crippen LogP contribution in [0.25, 0.3) is 0 Å². The fourth-order valence-electron chi connectivity index (χ4n) is 1.84. The molecule has 0 bridgehead atoms. The lowest BCUT2D eigenvalue weighted by Gasteiger charge is -2.14. The van der Waals surface area contributed by atoms with Gasteiger partial charge in [0, 0.05) is 13.1 Å². The van der Waals surface area contributed by atoms with Crippen LogP contribution in [0.15, 0.2) is 24.3 Å². The largest absolute Gasteiger partial charge is 0.329 e. The highest BCUT2D eigenvalue weighted by molar-refractivity contribution is 7.90. The fraction of sp³-hybridized carbons (Fsp3) is 0.538. The SMILES string of the molecule is CCC(CN)S(=O)(=O)NCCc1cccc(C)c1. The molecule has 0 spiro atoms. The van der Waals surface area contributed by atoms with Crippen molar-refractivity contribution in [3.63, 3.8) is 0 Å². The third-order valence-electron chi connectivity index (χ3n) is 2.96. The summed E-state index contributed by atoms with van der Waals surface area (Å²) in [7, 11) is -3.28. The number of hydrogen-bond donors (Lipinski definition) is 2. The van der Waals surface area contributed by atoms with Crippen molar-refractivity contribution >= 4 is 10.0 Å². The molecule has 1 atom stereocenters. The Balaban J connectivity index is 2.51. The van der Waals surface area contributed by atoms with Gasteiger partial charge < -0.3 is 5.73 Å². The summed E-state index contributed by atoms with van der Waals surface area (Å²) in [6.07, 6.45) is 1.23. The summed E-state index contributed by atoms with van der Waals surface area (Å²) >= 11 is 0. The first-order valence-electron chi connectivity index (χ1n) is 6.23. The highest BCUT2D eigenvalue weighted by Crippen LogP contribution is 2.06. The maximum atomic E-state index is 11.9. The molecule has 0 saturated carbocycles. The van der Waals surface area contributed by atoms with Crippen molar-refractivity contribution in [1.29, 1.82) is 0 Å². The van der Waals surface area contributed by atoms with Gasteiger partial charge in [-0.15, -0.1) is 0 Å². The molecular weight excluding hydrogens is 248 g/mol. The number of hydrogen-bond acceptors (Lipinski definition) is 3. The van der Waals surface area contributed by atoms with Gasteiger partial charge in [0.2, 0.25) is 10.0 Å². The van der Waals surface area contributed by atoms with Crippen molar-refractivity contribution in [3.05, 3.63) is 35.4 Å². The van der Waals surface area contributed by atoms with Crippen LogP contribution in [0.3, 0.4) is 0 Å². The van der Waals surface area contributed by atoms with Gasteiger partial charge in [0.15, 0.2) is 0 Å². The monoisotopic (exact) mass is 270 g/mol. The average molecular weight is 270 g/mol. The minimum atomic E-state index is -3.28. The predicted octanol–water partition coefficient (Wildman–Crippen LogP) is 1.19. The summed E-state index contributed by atoms with van der Waals surface area (Å²) in [5, 5.41) is -0.491. The molecule has 1 unspecified atom stereocenters. The standard InChI is InChI=1S/C13H22N2O2S/c1-3-13(10-14)18(16,17)15-8-7-12-6-4-5-11(2)9-12/h4-6,9,13,15H,3,7-8,10,14H2,1-2H3. The molecule has 1 aromatic rings. The predicted molar refractivity (Wildman–Crippen MR) is 74.9 cm³/mol. The second-order valence-electron chi connectivity index (χ2n) is 4.44. The van der Waals surface area contributed by atoms with E-state index in [9.17, 15) is 8.42 Å². The fourth-order valence-corrected chi connectivity index (χ4v) is 3.15. The van der Waals surface area contributed by atoms with Crippen molar-refractivity contribution in [3.8, 4) is 0 Å². The van der Waals surface area contributed by atoms with Crippen LogP contribution in [0.4, 0.5) is 0 Å². The van der Waals surface area contributed by atoms with E-state index in [1.807, 2.05) is 32.0 Å². The number of rotatable bonds is 7. The molecular formula is C13H22N2O2S. The number of sulfonamides is 1. The van der Waals surface area contributed by atoms with Crippen LogP contribution < -0.4 is 10.5 Å². The van der Waals surface area contributed by atoms with Gasteiger partial charge >= 0.3 is 0 Å². The quantitative estimate of drug-likeness (QED) is 0.782. The van der Waals surface area contributed by atoms with Gasteiger partial charge in [-0.2, -0.15) is 0 Å². The third kappa shape index (κ3) is 4.40. The highest BCUT2D eigenvalue weighted by Gasteiger charge is 2.21. The van der Waals surface area contributed by atoms with Crippen molar-refractivity contribution in [2.45, 2.75) is 31.9 Å². The van der Waals surface area contributed by atoms with Crippen LogP contribution in [-0.4, -0.2) is 26.8 Å². The van der Waals surface area contributed by atoms with Crippen LogP contribution in [-0.2, 0) is 16.4 Å². The summed E-state index contributed by atoms with van der Waals surface area (Å²) in [4.78, 5) is 0. The summed E-state index contributed by atoms with van der Waals surface area (Å²) in [6, 6.07) is 8.07. The number of nitrogens with two attached hydrogens (primary N) is 1. The van der Waals surface area contributed by atoms with Crippen LogP contribution in [0, 0.1) is 6.92 Å². The number of benzene rings is 1. The van der Waals surface area contributed by atoms with E-state index in [0.717, 1.165) is 5.56 Å². The molecule has 4 nitrogen and oxygen atoms in total. The Morgan fingerprint density at radius 3 is 2.67 bits per heavy atom. The van der Waals surface area contributed by atoms with Gasteiger partial charge in [0.25, 0.3) is 0 Å². The maximum Gasteiger partial charge on any atom is 0.215 e. The Kier molecular flexibility index (Phi) is 5.78. The molecule has 0 heterocycles. The van der Waals surface area contributed by atoms with Crippen molar-refractivity contribution in [2.24, 2.45) is 5.73 Å². The Morgan fingerprint density at radius 1 is 1.39 bits per heavy atom. The first-order chi connectivity index (χ1) is 8.49. The topological polar surface area (TPSA) is 72.2 Å². The van der Waals surface area contributed by atoms with E-state index >= 15 is 0 Å². The van der Waals surface area contributed by atoms with E-state index in [1.54, 1.807) is 0 Å². The van der Waals surface area contributed by atoms with Gasteiger partial charge in [0.1, 0.15) is 0 Å². The highest BCUT2D eigenvalue weighted by atomic mass is 32.2. The summed E-state index contributed by atoms with van der Waals surface area (Å²) in [5.74, 6) is 0. The van der Waals surface area contributed by atoms with E-state index < -0.39 is 15.3 Å². The van der Waals surface area contributed by atoms with Crippen molar-refractivity contribution in [1.82, 2.24) is 4.72 Å². The molecule has 1 aromatic carbocycles. The van der Waals surface area contributed by atoms with Crippen LogP contribution in [0.5, 0.6) is 0 Å². The average Bonchev–Trinajstić information content (AvgIpc) is 2.30. The van der Waals surface area contributed by atoms with Gasteiger partial charge in [-0.25, -0.2) is 13.1 Å². The molecule has 0 aliphatic carbocycles. The molecule has 0 aliphatic heterocycles. The lowest BCUT2D eigenvalue weighted by molar-refractivity contribution is 0.561. The van der Waals surface area contributed by atoms with E-state index in [4.69, 9.17) is 5.73 Å². The summed E-state index contributed by atoms with van der Waals surface area (Å²) < 4.78 is 26.3. The van der Waals surface area contributed by atoms with E-state index in [0.29, 0.717) is 19.4 Å². The van der Waals surface area contributed by atoms with Gasteiger partial charge in [0.05, 0.1) is 5.25 Å². The Labute approximate surface area is 110 Å². The minimum Gasteiger partial charge on any atom is -0.329 e. The maximum absolute atomic E-state index is 11.9. The zero-order valence-electron chi connectivity index (χ0n) is 11.0. The van der Waals surface area contributed by atoms with Gasteiger partial charge in [-0.1, -0.05) is 36.8 Å². The Morgan fingerprint density at radius 2 is 2.11 bits per heavy atom. The number of nitrogens with one attached hydrogen (secondary N) is 1. The van der Waals surface area contributed by atoms with Crippen LogP contribution in [0.1, 0.15) is 24.5 Å². The Hall–Kier alpha value is -0.910. The molecule has 3 N–H and O–H groups in total. The van der Waals surface area contributed by atoms with Crippen molar-refractivity contribution < 1.29 is 8.42 Å². The lowest BCUT2D eigenvalue weighted by atomic mass is 10.1. The van der Waals surface area contributed by atoms with E-state index in [-0.39, 0.29) is 6.54 Å². The first-order valence-corrected chi connectivity index (χ1v) is 7.78. The second kappa shape index (κ2) is 6.87. The second-order valence-corrected chi connectivity index (χ2v) is 6.49. The van der Waals surface area contributed by atoms with Crippen LogP contribution in [0.2, 0.25) is 0 Å². The van der Waals surface area contributed by atoms with Crippen molar-refractivity contribution in [2.75, 3.05) is 13.1 Å². The Bertz CT molecular complexity index is 468.